The number of rotatable bonds is 4. The van der Waals surface area contributed by atoms with Crippen molar-refractivity contribution in [1.82, 2.24) is 5.32 Å². The van der Waals surface area contributed by atoms with E-state index in [1.54, 1.807) is 0 Å². The van der Waals surface area contributed by atoms with Crippen LogP contribution in [0.1, 0.15) is 44.7 Å². The third-order valence-corrected chi connectivity index (χ3v) is 5.07. The van der Waals surface area contributed by atoms with Crippen molar-refractivity contribution in [2.75, 3.05) is 25.0 Å². The zero-order chi connectivity index (χ0) is 13.8. The lowest BCUT2D eigenvalue weighted by Crippen LogP contribution is -2.33. The Morgan fingerprint density at radius 1 is 1.37 bits per heavy atom. The first-order chi connectivity index (χ1) is 9.15. The number of halogens is 1. The van der Waals surface area contributed by atoms with Crippen LogP contribution in [0, 0.1) is 5.92 Å². The Labute approximate surface area is 125 Å². The number of hydrogen-bond acceptors (Lipinski definition) is 2. The van der Waals surface area contributed by atoms with E-state index in [9.17, 15) is 0 Å². The Balaban J connectivity index is 2.09. The molecular weight excluding hydrogens is 300 g/mol. The first-order valence-corrected chi connectivity index (χ1v) is 8.16. The van der Waals surface area contributed by atoms with Crippen LogP contribution < -0.4 is 10.2 Å². The van der Waals surface area contributed by atoms with Crippen LogP contribution >= 0.6 is 15.9 Å². The van der Waals surface area contributed by atoms with Crippen LogP contribution in [-0.4, -0.2) is 20.1 Å². The monoisotopic (exact) mass is 324 g/mol. The number of piperidine rings is 1. The molecule has 1 aromatic carbocycles. The van der Waals surface area contributed by atoms with Crippen molar-refractivity contribution in [2.24, 2.45) is 5.92 Å². The summed E-state index contributed by atoms with van der Waals surface area (Å²) in [5, 5.41) is 3.29. The Morgan fingerprint density at radius 2 is 2.05 bits per heavy atom. The van der Waals surface area contributed by atoms with Crippen molar-refractivity contribution in [3.05, 3.63) is 28.2 Å². The highest BCUT2D eigenvalue weighted by molar-refractivity contribution is 9.10. The Bertz CT molecular complexity index is 411. The van der Waals surface area contributed by atoms with Gasteiger partial charge in [-0.2, -0.15) is 0 Å². The summed E-state index contributed by atoms with van der Waals surface area (Å²) in [5.41, 5.74) is 2.68. The minimum Gasteiger partial charge on any atom is -0.371 e. The van der Waals surface area contributed by atoms with E-state index < -0.39 is 0 Å². The van der Waals surface area contributed by atoms with E-state index in [0.717, 1.165) is 5.92 Å². The number of anilines is 1. The standard InChI is InChI=1S/C16H25BrN2/c1-4-13-7-9-19(10-8-13)16-6-5-14(11-15(16)17)12(2)18-3/h5-6,11-13,18H,4,7-10H2,1-3H3. The summed E-state index contributed by atoms with van der Waals surface area (Å²) in [7, 11) is 2.00. The molecule has 1 aliphatic rings. The van der Waals surface area contributed by atoms with E-state index in [4.69, 9.17) is 0 Å². The Kier molecular flexibility index (Phi) is 5.28. The van der Waals surface area contributed by atoms with Crippen LogP contribution in [-0.2, 0) is 0 Å². The van der Waals surface area contributed by atoms with E-state index in [1.165, 1.54) is 48.1 Å². The molecule has 0 radical (unpaired) electrons. The van der Waals surface area contributed by atoms with Crippen molar-refractivity contribution in [2.45, 2.75) is 39.2 Å². The lowest BCUT2D eigenvalue weighted by molar-refractivity contribution is 0.395. The molecule has 0 saturated carbocycles. The molecule has 0 spiro atoms. The molecule has 1 atom stereocenters. The highest BCUT2D eigenvalue weighted by Crippen LogP contribution is 2.32. The number of hydrogen-bond donors (Lipinski definition) is 1. The Morgan fingerprint density at radius 3 is 2.58 bits per heavy atom. The lowest BCUT2D eigenvalue weighted by Gasteiger charge is -2.34. The quantitative estimate of drug-likeness (QED) is 0.885. The zero-order valence-electron chi connectivity index (χ0n) is 12.2. The summed E-state index contributed by atoms with van der Waals surface area (Å²) in [6.07, 6.45) is 3.99. The summed E-state index contributed by atoms with van der Waals surface area (Å²) < 4.78 is 1.22. The summed E-state index contributed by atoms with van der Waals surface area (Å²) >= 11 is 3.74. The molecule has 1 aromatic rings. The molecular formula is C16H25BrN2. The molecule has 3 heteroatoms. The highest BCUT2D eigenvalue weighted by Gasteiger charge is 2.19. The Hall–Kier alpha value is -0.540. The highest BCUT2D eigenvalue weighted by atomic mass is 79.9. The van der Waals surface area contributed by atoms with Crippen molar-refractivity contribution < 1.29 is 0 Å². The predicted octanol–water partition coefficient (Wildman–Crippen LogP) is 4.36. The summed E-state index contributed by atoms with van der Waals surface area (Å²) in [6, 6.07) is 7.16. The van der Waals surface area contributed by atoms with Crippen molar-refractivity contribution in [3.8, 4) is 0 Å². The van der Waals surface area contributed by atoms with Gasteiger partial charge in [-0.15, -0.1) is 0 Å². The molecule has 19 heavy (non-hydrogen) atoms. The molecule has 0 aromatic heterocycles. The molecule has 1 heterocycles. The van der Waals surface area contributed by atoms with E-state index in [-0.39, 0.29) is 0 Å². The van der Waals surface area contributed by atoms with Crippen molar-refractivity contribution in [3.63, 3.8) is 0 Å². The molecule has 1 N–H and O–H groups in total. The number of nitrogens with one attached hydrogen (secondary N) is 1. The van der Waals surface area contributed by atoms with Crippen molar-refractivity contribution in [1.29, 1.82) is 0 Å². The first kappa shape index (κ1) is 14.9. The normalized spacial score (nSPS) is 18.6. The third-order valence-electron chi connectivity index (χ3n) is 4.44. The van der Waals surface area contributed by atoms with Gasteiger partial charge in [-0.25, -0.2) is 0 Å². The molecule has 106 valence electrons. The van der Waals surface area contributed by atoms with Gasteiger partial charge in [0.05, 0.1) is 5.69 Å². The molecule has 0 bridgehead atoms. The average molecular weight is 325 g/mol. The van der Waals surface area contributed by atoms with Crippen LogP contribution in [0.15, 0.2) is 22.7 Å². The topological polar surface area (TPSA) is 15.3 Å². The van der Waals surface area contributed by atoms with Crippen LogP contribution in [0.3, 0.4) is 0 Å². The van der Waals surface area contributed by atoms with Gasteiger partial charge < -0.3 is 10.2 Å². The summed E-state index contributed by atoms with van der Waals surface area (Å²) in [5.74, 6) is 0.929. The van der Waals surface area contributed by atoms with Gasteiger partial charge in [0.25, 0.3) is 0 Å². The fraction of sp³-hybridized carbons (Fsp3) is 0.625. The maximum absolute atomic E-state index is 3.74. The van der Waals surface area contributed by atoms with Gasteiger partial charge in [0.15, 0.2) is 0 Å². The largest absolute Gasteiger partial charge is 0.371 e. The van der Waals surface area contributed by atoms with Gasteiger partial charge in [0.1, 0.15) is 0 Å². The smallest absolute Gasteiger partial charge is 0.0510 e. The summed E-state index contributed by atoms with van der Waals surface area (Å²) in [6.45, 7) is 6.88. The molecule has 2 rings (SSSR count). The van der Waals surface area contributed by atoms with E-state index in [0.29, 0.717) is 6.04 Å². The lowest BCUT2D eigenvalue weighted by atomic mass is 9.94. The van der Waals surface area contributed by atoms with Crippen LogP contribution in [0.2, 0.25) is 0 Å². The van der Waals surface area contributed by atoms with Crippen LogP contribution in [0.5, 0.6) is 0 Å². The average Bonchev–Trinajstić information content (AvgIpc) is 2.46. The minimum atomic E-state index is 0.399. The van der Waals surface area contributed by atoms with Gasteiger partial charge in [0.2, 0.25) is 0 Å². The fourth-order valence-corrected chi connectivity index (χ4v) is 3.44. The molecule has 1 aliphatic heterocycles. The molecule has 1 unspecified atom stereocenters. The molecule has 2 nitrogen and oxygen atoms in total. The van der Waals surface area contributed by atoms with Gasteiger partial charge >= 0.3 is 0 Å². The van der Waals surface area contributed by atoms with Gasteiger partial charge in [-0.3, -0.25) is 0 Å². The zero-order valence-corrected chi connectivity index (χ0v) is 13.8. The van der Waals surface area contributed by atoms with Crippen LogP contribution in [0.25, 0.3) is 0 Å². The van der Waals surface area contributed by atoms with E-state index in [1.807, 2.05) is 7.05 Å². The second kappa shape index (κ2) is 6.76. The fourth-order valence-electron chi connectivity index (χ4n) is 2.80. The second-order valence-electron chi connectivity index (χ2n) is 5.56. The van der Waals surface area contributed by atoms with Crippen molar-refractivity contribution >= 4 is 21.6 Å². The maximum Gasteiger partial charge on any atom is 0.0510 e. The number of benzene rings is 1. The SMILES string of the molecule is CCC1CCN(c2ccc(C(C)NC)cc2Br)CC1. The minimum absolute atomic E-state index is 0.399. The van der Waals surface area contributed by atoms with Gasteiger partial charge in [-0.1, -0.05) is 19.4 Å². The van der Waals surface area contributed by atoms with E-state index in [2.05, 4.69) is 58.2 Å². The molecule has 0 aliphatic carbocycles. The summed E-state index contributed by atoms with van der Waals surface area (Å²) in [4.78, 5) is 2.52. The van der Waals surface area contributed by atoms with E-state index >= 15 is 0 Å². The molecule has 1 fully saturated rings. The second-order valence-corrected chi connectivity index (χ2v) is 6.41. The number of nitrogens with zero attached hydrogens (tertiary/aromatic N) is 1. The predicted molar refractivity (Wildman–Crippen MR) is 86.8 cm³/mol. The molecule has 0 amide bonds. The van der Waals surface area contributed by atoms with Gasteiger partial charge in [0, 0.05) is 23.6 Å². The van der Waals surface area contributed by atoms with Crippen LogP contribution in [0.4, 0.5) is 5.69 Å². The van der Waals surface area contributed by atoms with Gasteiger partial charge in [-0.05, 0) is 66.4 Å². The first-order valence-electron chi connectivity index (χ1n) is 7.37. The maximum atomic E-state index is 3.74. The third kappa shape index (κ3) is 3.51. The molecule has 1 saturated heterocycles.